The number of nitrogens with zero attached hydrogens (tertiary/aromatic N) is 3. The van der Waals surface area contributed by atoms with Gasteiger partial charge in [0.1, 0.15) is 11.3 Å². The van der Waals surface area contributed by atoms with Gasteiger partial charge in [-0.15, -0.1) is 0 Å². The lowest BCUT2D eigenvalue weighted by atomic mass is 10.1. The summed E-state index contributed by atoms with van der Waals surface area (Å²) in [5.74, 6) is -0.974. The van der Waals surface area contributed by atoms with Gasteiger partial charge in [0.25, 0.3) is 12.1 Å². The summed E-state index contributed by atoms with van der Waals surface area (Å²) >= 11 is 0. The predicted octanol–water partition coefficient (Wildman–Crippen LogP) is 2.78. The Labute approximate surface area is 122 Å². The lowest BCUT2D eigenvalue weighted by molar-refractivity contribution is -0.385. The molecule has 0 aliphatic heterocycles. The predicted molar refractivity (Wildman–Crippen MR) is 70.4 cm³/mol. The number of benzene rings is 1. The van der Waals surface area contributed by atoms with Crippen LogP contribution < -0.4 is 0 Å². The van der Waals surface area contributed by atoms with Crippen LogP contribution in [0.3, 0.4) is 0 Å². The van der Waals surface area contributed by atoms with Crippen LogP contribution in [0.1, 0.15) is 22.5 Å². The number of esters is 1. The second-order valence-corrected chi connectivity index (χ2v) is 4.09. The van der Waals surface area contributed by atoms with Crippen LogP contribution in [0.4, 0.5) is 14.5 Å². The molecule has 1 heterocycles. The first kappa shape index (κ1) is 15.4. The molecule has 2 rings (SSSR count). The van der Waals surface area contributed by atoms with E-state index in [9.17, 15) is 23.7 Å². The molecule has 7 nitrogen and oxygen atoms in total. The number of alkyl halides is 2. The van der Waals surface area contributed by atoms with Crippen molar-refractivity contribution in [2.24, 2.45) is 0 Å². The highest BCUT2D eigenvalue weighted by atomic mass is 19.3. The summed E-state index contributed by atoms with van der Waals surface area (Å²) in [7, 11) is 1.09. The fourth-order valence-electron chi connectivity index (χ4n) is 1.74. The fourth-order valence-corrected chi connectivity index (χ4v) is 1.74. The van der Waals surface area contributed by atoms with Gasteiger partial charge in [0.2, 0.25) is 0 Å². The molecule has 0 aliphatic rings. The minimum atomic E-state index is -2.79. The number of rotatable bonds is 4. The van der Waals surface area contributed by atoms with E-state index in [1.54, 1.807) is 0 Å². The molecule has 0 saturated carbocycles. The first-order valence-electron chi connectivity index (χ1n) is 5.92. The van der Waals surface area contributed by atoms with E-state index in [1.165, 1.54) is 6.07 Å². The summed E-state index contributed by atoms with van der Waals surface area (Å²) in [5, 5.41) is 11.0. The van der Waals surface area contributed by atoms with Gasteiger partial charge in [0.05, 0.1) is 12.0 Å². The average Bonchev–Trinajstić information content (AvgIpc) is 2.53. The van der Waals surface area contributed by atoms with Crippen LogP contribution in [-0.2, 0) is 4.74 Å². The van der Waals surface area contributed by atoms with E-state index in [1.807, 2.05) is 0 Å². The molecular weight excluding hydrogens is 300 g/mol. The lowest BCUT2D eigenvalue weighted by Gasteiger charge is -2.05. The average molecular weight is 309 g/mol. The van der Waals surface area contributed by atoms with Gasteiger partial charge < -0.3 is 4.74 Å². The number of aromatic nitrogens is 2. The zero-order chi connectivity index (χ0) is 16.3. The maximum atomic E-state index is 12.6. The smallest absolute Gasteiger partial charge is 0.344 e. The van der Waals surface area contributed by atoms with Crippen molar-refractivity contribution < 1.29 is 23.2 Å². The molecule has 0 amide bonds. The molecule has 0 atom stereocenters. The summed E-state index contributed by atoms with van der Waals surface area (Å²) < 4.78 is 29.7. The minimum absolute atomic E-state index is 0.0997. The number of carbonyl (C=O) groups is 1. The summed E-state index contributed by atoms with van der Waals surface area (Å²) in [6, 6.07) is 4.57. The van der Waals surface area contributed by atoms with E-state index < -0.39 is 28.7 Å². The van der Waals surface area contributed by atoms with E-state index in [2.05, 4.69) is 14.7 Å². The topological polar surface area (TPSA) is 95.2 Å². The number of nitro benzene ring substituents is 1. The van der Waals surface area contributed by atoms with Crippen LogP contribution in [0, 0.1) is 10.1 Å². The second-order valence-electron chi connectivity index (χ2n) is 4.09. The van der Waals surface area contributed by atoms with Crippen LogP contribution in [-0.4, -0.2) is 28.0 Å². The van der Waals surface area contributed by atoms with Gasteiger partial charge in [0.15, 0.2) is 5.82 Å². The highest BCUT2D eigenvalue weighted by Gasteiger charge is 2.22. The Bertz CT molecular complexity index is 737. The van der Waals surface area contributed by atoms with E-state index in [4.69, 9.17) is 0 Å². The molecule has 0 aliphatic carbocycles. The standard InChI is InChI=1S/C13H9F2N3O4/c1-22-13(19)8-3-2-7(6-10(8)18(20)21)12-16-5-4-9(17-12)11(14)15/h2-6,11H,1H3. The summed E-state index contributed by atoms with van der Waals surface area (Å²) in [5.41, 5.74) is -1.12. The second kappa shape index (κ2) is 6.20. The zero-order valence-corrected chi connectivity index (χ0v) is 11.2. The Balaban J connectivity index is 2.53. The largest absolute Gasteiger partial charge is 0.465 e. The number of halogens is 2. The third kappa shape index (κ3) is 3.03. The Morgan fingerprint density at radius 1 is 1.36 bits per heavy atom. The van der Waals surface area contributed by atoms with E-state index in [0.29, 0.717) is 0 Å². The van der Waals surface area contributed by atoms with Gasteiger partial charge in [-0.05, 0) is 18.2 Å². The highest BCUT2D eigenvalue weighted by molar-refractivity contribution is 5.94. The molecular formula is C13H9F2N3O4. The molecule has 1 aromatic heterocycles. The van der Waals surface area contributed by atoms with Crippen molar-refractivity contribution in [2.75, 3.05) is 7.11 Å². The summed E-state index contributed by atoms with van der Waals surface area (Å²) in [6.07, 6.45) is -1.66. The molecule has 0 fully saturated rings. The van der Waals surface area contributed by atoms with Gasteiger partial charge in [-0.1, -0.05) is 0 Å². The maximum Gasteiger partial charge on any atom is 0.344 e. The van der Waals surface area contributed by atoms with Crippen molar-refractivity contribution in [3.8, 4) is 11.4 Å². The third-order valence-electron chi connectivity index (χ3n) is 2.76. The Morgan fingerprint density at radius 2 is 2.09 bits per heavy atom. The van der Waals surface area contributed by atoms with Crippen molar-refractivity contribution in [3.63, 3.8) is 0 Å². The van der Waals surface area contributed by atoms with Crippen molar-refractivity contribution >= 4 is 11.7 Å². The van der Waals surface area contributed by atoms with Gasteiger partial charge in [0, 0.05) is 17.8 Å². The molecule has 22 heavy (non-hydrogen) atoms. The molecule has 0 bridgehead atoms. The Morgan fingerprint density at radius 3 is 2.68 bits per heavy atom. The molecule has 9 heteroatoms. The Hall–Kier alpha value is -2.97. The normalized spacial score (nSPS) is 10.5. The molecule has 1 aromatic carbocycles. The number of nitro groups is 1. The third-order valence-corrected chi connectivity index (χ3v) is 2.76. The van der Waals surface area contributed by atoms with Crippen LogP contribution in [0.25, 0.3) is 11.4 Å². The Kier molecular flexibility index (Phi) is 4.35. The first-order valence-corrected chi connectivity index (χ1v) is 5.92. The number of ether oxygens (including phenoxy) is 1. The maximum absolute atomic E-state index is 12.6. The SMILES string of the molecule is COC(=O)c1ccc(-c2nccc(C(F)F)n2)cc1[N+](=O)[O-]. The molecule has 0 unspecified atom stereocenters. The quantitative estimate of drug-likeness (QED) is 0.489. The fraction of sp³-hybridized carbons (Fsp3) is 0.154. The minimum Gasteiger partial charge on any atom is -0.465 e. The highest BCUT2D eigenvalue weighted by Crippen LogP contribution is 2.27. The number of hydrogen-bond donors (Lipinski definition) is 0. The van der Waals surface area contributed by atoms with E-state index in [0.717, 1.165) is 31.5 Å². The molecule has 0 saturated heterocycles. The first-order chi connectivity index (χ1) is 10.4. The van der Waals surface area contributed by atoms with Crippen molar-refractivity contribution in [1.29, 1.82) is 0 Å². The van der Waals surface area contributed by atoms with Gasteiger partial charge in [-0.2, -0.15) is 0 Å². The van der Waals surface area contributed by atoms with Gasteiger partial charge in [-0.3, -0.25) is 10.1 Å². The number of hydrogen-bond acceptors (Lipinski definition) is 6. The van der Waals surface area contributed by atoms with Crippen molar-refractivity contribution in [1.82, 2.24) is 9.97 Å². The molecule has 0 spiro atoms. The number of carbonyl (C=O) groups excluding carboxylic acids is 1. The zero-order valence-electron chi connectivity index (χ0n) is 11.2. The van der Waals surface area contributed by atoms with Crippen LogP contribution >= 0.6 is 0 Å². The van der Waals surface area contributed by atoms with Crippen molar-refractivity contribution in [3.05, 3.63) is 51.8 Å². The lowest BCUT2D eigenvalue weighted by Crippen LogP contribution is -2.06. The van der Waals surface area contributed by atoms with Crippen LogP contribution in [0.2, 0.25) is 0 Å². The molecule has 0 radical (unpaired) electrons. The molecule has 114 valence electrons. The van der Waals surface area contributed by atoms with Crippen LogP contribution in [0.5, 0.6) is 0 Å². The van der Waals surface area contributed by atoms with E-state index >= 15 is 0 Å². The number of methoxy groups -OCH3 is 1. The van der Waals surface area contributed by atoms with Gasteiger partial charge >= 0.3 is 5.97 Å². The monoisotopic (exact) mass is 309 g/mol. The van der Waals surface area contributed by atoms with Crippen molar-refractivity contribution in [2.45, 2.75) is 6.43 Å². The van der Waals surface area contributed by atoms with Crippen LogP contribution in [0.15, 0.2) is 30.5 Å². The molecule has 2 aromatic rings. The van der Waals surface area contributed by atoms with Gasteiger partial charge in [-0.25, -0.2) is 23.5 Å². The van der Waals surface area contributed by atoms with E-state index in [-0.39, 0.29) is 17.0 Å². The molecule has 0 N–H and O–H groups in total. The summed E-state index contributed by atoms with van der Waals surface area (Å²) in [4.78, 5) is 29.2. The summed E-state index contributed by atoms with van der Waals surface area (Å²) in [6.45, 7) is 0.